The average Bonchev–Trinajstić information content (AvgIpc) is 2.96. The summed E-state index contributed by atoms with van der Waals surface area (Å²) in [5.41, 5.74) is 6.27. The molecule has 0 aliphatic carbocycles. The van der Waals surface area contributed by atoms with Gasteiger partial charge in [-0.2, -0.15) is 11.3 Å². The highest BCUT2D eigenvalue weighted by Gasteiger charge is 2.20. The van der Waals surface area contributed by atoms with Gasteiger partial charge in [-0.15, -0.1) is 12.4 Å². The molecule has 1 heterocycles. The summed E-state index contributed by atoms with van der Waals surface area (Å²) in [5.74, 6) is 0.00243. The molecule has 5 nitrogen and oxygen atoms in total. The molecule has 1 aromatic heterocycles. The van der Waals surface area contributed by atoms with Crippen LogP contribution in [-0.2, 0) is 4.79 Å². The number of carbonyl (C=O) groups excluding carboxylic acids is 2. The van der Waals surface area contributed by atoms with Crippen LogP contribution in [0.5, 0.6) is 0 Å². The average molecular weight is 348 g/mol. The molecule has 0 saturated heterocycles. The van der Waals surface area contributed by atoms with Crippen LogP contribution in [0.4, 0.5) is 0 Å². The molecule has 1 aromatic rings. The van der Waals surface area contributed by atoms with Crippen LogP contribution < -0.4 is 11.1 Å². The fourth-order valence-electron chi connectivity index (χ4n) is 1.92. The lowest BCUT2D eigenvalue weighted by Gasteiger charge is -2.29. The Balaban J connectivity index is 0.00000441. The predicted molar refractivity (Wildman–Crippen MR) is 93.6 cm³/mol. The van der Waals surface area contributed by atoms with Crippen molar-refractivity contribution in [2.75, 3.05) is 26.7 Å². The summed E-state index contributed by atoms with van der Waals surface area (Å²) in [6.45, 7) is 5.77. The lowest BCUT2D eigenvalue weighted by Crippen LogP contribution is -2.39. The summed E-state index contributed by atoms with van der Waals surface area (Å²) >= 11 is 1.49. The molecule has 0 aliphatic rings. The van der Waals surface area contributed by atoms with Crippen LogP contribution in [0.2, 0.25) is 0 Å². The van der Waals surface area contributed by atoms with Gasteiger partial charge in [-0.05, 0) is 29.8 Å². The highest BCUT2D eigenvalue weighted by molar-refractivity contribution is 7.08. The number of halogens is 1. The molecule has 0 spiro atoms. The summed E-state index contributed by atoms with van der Waals surface area (Å²) in [4.78, 5) is 25.4. The van der Waals surface area contributed by atoms with E-state index < -0.39 is 0 Å². The molecule has 0 saturated carbocycles. The van der Waals surface area contributed by atoms with Crippen LogP contribution in [0.25, 0.3) is 0 Å². The zero-order valence-corrected chi connectivity index (χ0v) is 15.1. The molecule has 0 aliphatic heterocycles. The highest BCUT2D eigenvalue weighted by atomic mass is 35.5. The Labute approximate surface area is 142 Å². The van der Waals surface area contributed by atoms with Crippen LogP contribution in [0, 0.1) is 5.41 Å². The van der Waals surface area contributed by atoms with E-state index in [1.165, 1.54) is 11.3 Å². The smallest absolute Gasteiger partial charge is 0.252 e. The lowest BCUT2D eigenvalue weighted by atomic mass is 9.93. The Bertz CT molecular complexity index is 463. The number of thiophene rings is 1. The zero-order valence-electron chi connectivity index (χ0n) is 13.4. The van der Waals surface area contributed by atoms with Crippen LogP contribution in [0.3, 0.4) is 0 Å². The Morgan fingerprint density at radius 3 is 2.64 bits per heavy atom. The maximum absolute atomic E-state index is 12.0. The minimum Gasteiger partial charge on any atom is -0.352 e. The van der Waals surface area contributed by atoms with Crippen molar-refractivity contribution in [1.29, 1.82) is 0 Å². The molecule has 22 heavy (non-hydrogen) atoms. The second kappa shape index (κ2) is 9.82. The number of hydrogen-bond acceptors (Lipinski definition) is 4. The molecule has 0 atom stereocenters. The second-order valence-corrected chi connectivity index (χ2v) is 6.77. The fourth-order valence-corrected chi connectivity index (χ4v) is 2.56. The van der Waals surface area contributed by atoms with Crippen molar-refractivity contribution < 1.29 is 9.59 Å². The topological polar surface area (TPSA) is 75.4 Å². The molecule has 0 bridgehead atoms. The molecular formula is C15H26ClN3O2S. The van der Waals surface area contributed by atoms with Crippen LogP contribution in [0.15, 0.2) is 16.8 Å². The van der Waals surface area contributed by atoms with Crippen LogP contribution in [-0.4, -0.2) is 43.4 Å². The molecule has 0 fully saturated rings. The zero-order chi connectivity index (χ0) is 15.9. The van der Waals surface area contributed by atoms with E-state index in [0.717, 1.165) is 0 Å². The lowest BCUT2D eigenvalue weighted by molar-refractivity contribution is -0.131. The van der Waals surface area contributed by atoms with Crippen LogP contribution >= 0.6 is 23.7 Å². The molecule has 2 amide bonds. The van der Waals surface area contributed by atoms with Gasteiger partial charge in [-0.1, -0.05) is 13.8 Å². The summed E-state index contributed by atoms with van der Waals surface area (Å²) < 4.78 is 0. The van der Waals surface area contributed by atoms with E-state index in [1.54, 1.807) is 18.0 Å². The van der Waals surface area contributed by atoms with Gasteiger partial charge in [-0.3, -0.25) is 9.59 Å². The molecule has 0 radical (unpaired) electrons. The predicted octanol–water partition coefficient (Wildman–Crippen LogP) is 2.12. The number of amides is 2. The Kier molecular flexibility index (Phi) is 9.32. The van der Waals surface area contributed by atoms with E-state index in [0.29, 0.717) is 38.0 Å². The first kappa shape index (κ1) is 20.9. The maximum atomic E-state index is 12.0. The van der Waals surface area contributed by atoms with Gasteiger partial charge >= 0.3 is 0 Å². The Morgan fingerprint density at radius 1 is 1.41 bits per heavy atom. The van der Waals surface area contributed by atoms with Gasteiger partial charge in [0.2, 0.25) is 5.91 Å². The Hall–Kier alpha value is -1.11. The highest BCUT2D eigenvalue weighted by Crippen LogP contribution is 2.14. The van der Waals surface area contributed by atoms with E-state index in [9.17, 15) is 9.59 Å². The largest absolute Gasteiger partial charge is 0.352 e. The molecule has 126 valence electrons. The number of hydrogen-bond donors (Lipinski definition) is 2. The van der Waals surface area contributed by atoms with E-state index in [-0.39, 0.29) is 29.6 Å². The van der Waals surface area contributed by atoms with Crippen molar-refractivity contribution in [3.63, 3.8) is 0 Å². The normalized spacial score (nSPS) is 10.7. The summed E-state index contributed by atoms with van der Waals surface area (Å²) in [6.07, 6.45) is 1.07. The van der Waals surface area contributed by atoms with Crippen molar-refractivity contribution >= 4 is 35.6 Å². The first-order valence-corrected chi connectivity index (χ1v) is 8.04. The van der Waals surface area contributed by atoms with Gasteiger partial charge in [0.1, 0.15) is 0 Å². The van der Waals surface area contributed by atoms with Gasteiger partial charge in [0.15, 0.2) is 0 Å². The molecule has 3 N–H and O–H groups in total. The van der Waals surface area contributed by atoms with Crippen molar-refractivity contribution in [3.05, 3.63) is 22.4 Å². The number of rotatable bonds is 8. The maximum Gasteiger partial charge on any atom is 0.252 e. The van der Waals surface area contributed by atoms with E-state index in [2.05, 4.69) is 5.32 Å². The number of carbonyl (C=O) groups is 2. The minimum absolute atomic E-state index is 0. The van der Waals surface area contributed by atoms with Gasteiger partial charge in [0, 0.05) is 37.5 Å². The number of nitrogens with one attached hydrogen (secondary N) is 1. The minimum atomic E-state index is -0.0821. The Morgan fingerprint density at radius 2 is 2.09 bits per heavy atom. The fraction of sp³-hybridized carbons (Fsp3) is 0.600. The molecule has 1 rings (SSSR count). The number of nitrogens with two attached hydrogens (primary N) is 1. The third-order valence-corrected chi connectivity index (χ3v) is 3.96. The standard InChI is InChI=1S/C15H25N3O2S.ClH/c1-15(2,10-16)11-18(3)13(19)5-4-7-17-14(20)12-6-8-21-9-12;/h6,8-9H,4-5,7,10-11,16H2,1-3H3,(H,17,20);1H. The van der Waals surface area contributed by atoms with Crippen molar-refractivity contribution in [1.82, 2.24) is 10.2 Å². The summed E-state index contributed by atoms with van der Waals surface area (Å²) in [7, 11) is 1.80. The van der Waals surface area contributed by atoms with Gasteiger partial charge < -0.3 is 16.0 Å². The first-order chi connectivity index (χ1) is 9.85. The van der Waals surface area contributed by atoms with E-state index in [1.807, 2.05) is 24.6 Å². The van der Waals surface area contributed by atoms with E-state index >= 15 is 0 Å². The van der Waals surface area contributed by atoms with Crippen molar-refractivity contribution in [2.45, 2.75) is 26.7 Å². The summed E-state index contributed by atoms with van der Waals surface area (Å²) in [5, 5.41) is 6.49. The molecule has 0 unspecified atom stereocenters. The second-order valence-electron chi connectivity index (χ2n) is 5.99. The third-order valence-electron chi connectivity index (χ3n) is 3.28. The van der Waals surface area contributed by atoms with Gasteiger partial charge in [0.05, 0.1) is 0 Å². The molecular weight excluding hydrogens is 322 g/mol. The quantitative estimate of drug-likeness (QED) is 0.707. The van der Waals surface area contributed by atoms with Crippen molar-refractivity contribution in [2.24, 2.45) is 11.1 Å². The van der Waals surface area contributed by atoms with Gasteiger partial charge in [0.25, 0.3) is 5.91 Å². The molecule has 7 heteroatoms. The van der Waals surface area contributed by atoms with Crippen molar-refractivity contribution in [3.8, 4) is 0 Å². The van der Waals surface area contributed by atoms with E-state index in [4.69, 9.17) is 5.73 Å². The van der Waals surface area contributed by atoms with Crippen LogP contribution in [0.1, 0.15) is 37.0 Å². The van der Waals surface area contributed by atoms with Gasteiger partial charge in [-0.25, -0.2) is 0 Å². The first-order valence-electron chi connectivity index (χ1n) is 7.10. The number of nitrogens with zero attached hydrogens (tertiary/aromatic N) is 1. The SMILES string of the molecule is CN(CC(C)(C)CN)C(=O)CCCNC(=O)c1ccsc1.Cl. The monoisotopic (exact) mass is 347 g/mol. The summed E-state index contributed by atoms with van der Waals surface area (Å²) in [6, 6.07) is 1.79. The molecule has 0 aromatic carbocycles. The third kappa shape index (κ3) is 7.24.